The van der Waals surface area contributed by atoms with E-state index in [1.165, 1.54) is 0 Å². The maximum Gasteiger partial charge on any atom is 0.323 e. The summed E-state index contributed by atoms with van der Waals surface area (Å²) < 4.78 is 5.36. The molecule has 120 valence electrons. The minimum absolute atomic E-state index is 0.646. The van der Waals surface area contributed by atoms with Gasteiger partial charge in [0.05, 0.1) is 6.61 Å². The van der Waals surface area contributed by atoms with Crippen LogP contribution >= 0.6 is 0 Å². The van der Waals surface area contributed by atoms with Gasteiger partial charge in [-0.05, 0) is 52.7 Å². The number of hydrogen-bond acceptors (Lipinski definition) is 4. The lowest BCUT2D eigenvalue weighted by atomic mass is 9.95. The molecule has 0 spiro atoms. The van der Waals surface area contributed by atoms with Crippen LogP contribution in [0.2, 0.25) is 0 Å². The van der Waals surface area contributed by atoms with Gasteiger partial charge in [-0.15, -0.1) is 0 Å². The Labute approximate surface area is 123 Å². The average Bonchev–Trinajstić information content (AvgIpc) is 2.43. The van der Waals surface area contributed by atoms with Gasteiger partial charge in [-0.25, -0.2) is 0 Å². The van der Waals surface area contributed by atoms with Crippen molar-refractivity contribution in [2.75, 3.05) is 39.4 Å². The topological polar surface area (TPSA) is 61.8 Å². The molecule has 0 aromatic heterocycles. The molecule has 0 rings (SSSR count). The monoisotopic (exact) mass is 288 g/mol. The number of likely N-dealkylation sites (N-methyl/N-ethyl adjacent to an activating group) is 1. The fraction of sp³-hybridized carbons (Fsp3) is 0.933. The summed E-state index contributed by atoms with van der Waals surface area (Å²) in [5, 5.41) is 12.5. The summed E-state index contributed by atoms with van der Waals surface area (Å²) in [6, 6.07) is 0. The molecule has 5 heteroatoms. The Morgan fingerprint density at radius 3 is 2.50 bits per heavy atom. The molecule has 0 bridgehead atoms. The summed E-state index contributed by atoms with van der Waals surface area (Å²) in [5.74, 6) is -0.761. The second-order valence-corrected chi connectivity index (χ2v) is 5.30. The van der Waals surface area contributed by atoms with Crippen LogP contribution in [0.4, 0.5) is 0 Å². The summed E-state index contributed by atoms with van der Waals surface area (Å²) in [7, 11) is 0. The van der Waals surface area contributed by atoms with E-state index in [2.05, 4.69) is 17.1 Å². The minimum Gasteiger partial charge on any atom is -0.480 e. The van der Waals surface area contributed by atoms with Crippen molar-refractivity contribution < 1.29 is 14.6 Å². The summed E-state index contributed by atoms with van der Waals surface area (Å²) in [5.41, 5.74) is -0.810. The first kappa shape index (κ1) is 19.4. The van der Waals surface area contributed by atoms with Crippen molar-refractivity contribution >= 4 is 5.97 Å². The van der Waals surface area contributed by atoms with E-state index in [0.29, 0.717) is 6.42 Å². The number of nitrogens with zero attached hydrogens (tertiary/aromatic N) is 1. The minimum atomic E-state index is -0.810. The zero-order valence-corrected chi connectivity index (χ0v) is 13.6. The highest BCUT2D eigenvalue weighted by molar-refractivity contribution is 5.78. The Hall–Kier alpha value is -0.650. The van der Waals surface area contributed by atoms with E-state index in [1.54, 1.807) is 6.92 Å². The third-order valence-corrected chi connectivity index (χ3v) is 3.59. The first-order valence-corrected chi connectivity index (χ1v) is 7.78. The molecule has 5 nitrogen and oxygen atoms in total. The standard InChI is InChI=1S/C15H32N2O3/c1-5-10-16-15(4,14(18)19)9-8-11-17(6-2)12-13-20-7-3/h16H,5-13H2,1-4H3,(H,18,19). The van der Waals surface area contributed by atoms with E-state index in [0.717, 1.165) is 52.2 Å². The largest absolute Gasteiger partial charge is 0.480 e. The Balaban J connectivity index is 4.10. The van der Waals surface area contributed by atoms with Gasteiger partial charge in [0.25, 0.3) is 0 Å². The zero-order chi connectivity index (χ0) is 15.4. The molecular weight excluding hydrogens is 256 g/mol. The van der Waals surface area contributed by atoms with Crippen molar-refractivity contribution in [3.05, 3.63) is 0 Å². The highest BCUT2D eigenvalue weighted by Gasteiger charge is 2.31. The van der Waals surface area contributed by atoms with E-state index in [-0.39, 0.29) is 0 Å². The first-order chi connectivity index (χ1) is 9.50. The Bertz CT molecular complexity index is 262. The molecule has 0 aromatic rings. The molecule has 0 amide bonds. The number of rotatable bonds is 13. The summed E-state index contributed by atoms with van der Waals surface area (Å²) in [6.45, 7) is 13.0. The van der Waals surface area contributed by atoms with Gasteiger partial charge in [-0.1, -0.05) is 13.8 Å². The predicted octanol–water partition coefficient (Wildman–Crippen LogP) is 1.97. The normalized spacial score (nSPS) is 14.4. The molecule has 0 aliphatic rings. The smallest absolute Gasteiger partial charge is 0.323 e. The zero-order valence-electron chi connectivity index (χ0n) is 13.6. The van der Waals surface area contributed by atoms with Crippen molar-refractivity contribution in [1.82, 2.24) is 10.2 Å². The van der Waals surface area contributed by atoms with Gasteiger partial charge in [-0.3, -0.25) is 4.79 Å². The maximum atomic E-state index is 11.4. The second-order valence-electron chi connectivity index (χ2n) is 5.30. The highest BCUT2D eigenvalue weighted by atomic mass is 16.5. The van der Waals surface area contributed by atoms with Gasteiger partial charge >= 0.3 is 5.97 Å². The molecular formula is C15H32N2O3. The third kappa shape index (κ3) is 7.82. The number of carboxylic acid groups (broad SMARTS) is 1. The number of carboxylic acids is 1. The summed E-state index contributed by atoms with van der Waals surface area (Å²) >= 11 is 0. The fourth-order valence-electron chi connectivity index (χ4n) is 2.09. The van der Waals surface area contributed by atoms with E-state index in [4.69, 9.17) is 4.74 Å². The van der Waals surface area contributed by atoms with E-state index in [1.807, 2.05) is 13.8 Å². The van der Waals surface area contributed by atoms with E-state index < -0.39 is 11.5 Å². The molecule has 0 radical (unpaired) electrons. The van der Waals surface area contributed by atoms with E-state index >= 15 is 0 Å². The summed E-state index contributed by atoms with van der Waals surface area (Å²) in [6.07, 6.45) is 2.46. The van der Waals surface area contributed by atoms with Crippen LogP contribution in [-0.4, -0.2) is 60.9 Å². The number of hydrogen-bond donors (Lipinski definition) is 2. The SMILES string of the molecule is CCCNC(C)(CCCN(CC)CCOCC)C(=O)O. The van der Waals surface area contributed by atoms with Crippen LogP contribution in [0.3, 0.4) is 0 Å². The van der Waals surface area contributed by atoms with Gasteiger partial charge in [-0.2, -0.15) is 0 Å². The van der Waals surface area contributed by atoms with Crippen molar-refractivity contribution in [3.63, 3.8) is 0 Å². The van der Waals surface area contributed by atoms with Crippen LogP contribution in [0.1, 0.15) is 47.0 Å². The molecule has 0 saturated carbocycles. The van der Waals surface area contributed by atoms with Crippen LogP contribution in [0.25, 0.3) is 0 Å². The van der Waals surface area contributed by atoms with Crippen LogP contribution in [0, 0.1) is 0 Å². The molecule has 2 N–H and O–H groups in total. The van der Waals surface area contributed by atoms with Crippen LogP contribution in [0.5, 0.6) is 0 Å². The maximum absolute atomic E-state index is 11.4. The van der Waals surface area contributed by atoms with Gasteiger partial charge in [0, 0.05) is 13.2 Å². The molecule has 20 heavy (non-hydrogen) atoms. The number of ether oxygens (including phenoxy) is 1. The van der Waals surface area contributed by atoms with Gasteiger partial charge in [0.1, 0.15) is 5.54 Å². The Morgan fingerprint density at radius 2 is 2.00 bits per heavy atom. The van der Waals surface area contributed by atoms with Gasteiger partial charge < -0.3 is 20.1 Å². The number of aliphatic carboxylic acids is 1. The van der Waals surface area contributed by atoms with Crippen molar-refractivity contribution in [2.45, 2.75) is 52.5 Å². The Morgan fingerprint density at radius 1 is 1.30 bits per heavy atom. The lowest BCUT2D eigenvalue weighted by Gasteiger charge is -2.28. The lowest BCUT2D eigenvalue weighted by molar-refractivity contribution is -0.144. The van der Waals surface area contributed by atoms with Crippen LogP contribution in [0.15, 0.2) is 0 Å². The average molecular weight is 288 g/mol. The molecule has 0 aromatic carbocycles. The summed E-state index contributed by atoms with van der Waals surface area (Å²) in [4.78, 5) is 13.7. The third-order valence-electron chi connectivity index (χ3n) is 3.59. The fourth-order valence-corrected chi connectivity index (χ4v) is 2.09. The van der Waals surface area contributed by atoms with Gasteiger partial charge in [0.2, 0.25) is 0 Å². The first-order valence-electron chi connectivity index (χ1n) is 7.78. The number of nitrogens with one attached hydrogen (secondary N) is 1. The Kier molecular flexibility index (Phi) is 10.7. The predicted molar refractivity (Wildman–Crippen MR) is 82.2 cm³/mol. The molecule has 1 atom stereocenters. The lowest BCUT2D eigenvalue weighted by Crippen LogP contribution is -2.50. The van der Waals surface area contributed by atoms with Crippen molar-refractivity contribution in [1.29, 1.82) is 0 Å². The van der Waals surface area contributed by atoms with Crippen LogP contribution in [-0.2, 0) is 9.53 Å². The molecule has 1 unspecified atom stereocenters. The number of carbonyl (C=O) groups is 1. The second kappa shape index (κ2) is 11.1. The molecule has 0 aliphatic heterocycles. The highest BCUT2D eigenvalue weighted by Crippen LogP contribution is 2.13. The molecule has 0 saturated heterocycles. The molecule has 0 heterocycles. The molecule has 0 aliphatic carbocycles. The van der Waals surface area contributed by atoms with Crippen LogP contribution < -0.4 is 5.32 Å². The molecule has 0 fully saturated rings. The quantitative estimate of drug-likeness (QED) is 0.507. The van der Waals surface area contributed by atoms with Crippen molar-refractivity contribution in [2.24, 2.45) is 0 Å². The van der Waals surface area contributed by atoms with E-state index in [9.17, 15) is 9.90 Å². The van der Waals surface area contributed by atoms with Gasteiger partial charge in [0.15, 0.2) is 0 Å². The van der Waals surface area contributed by atoms with Crippen molar-refractivity contribution in [3.8, 4) is 0 Å².